The number of carboxylic acid groups (broad SMARTS) is 1. The van der Waals surface area contributed by atoms with Crippen molar-refractivity contribution in [2.45, 2.75) is 56.8 Å². The molecule has 4 rings (SSSR count). The summed E-state index contributed by atoms with van der Waals surface area (Å²) in [5.74, 6) is 1.03. The van der Waals surface area contributed by atoms with Gasteiger partial charge >= 0.3 is 5.97 Å². The lowest BCUT2D eigenvalue weighted by molar-refractivity contribution is -0.137. The Bertz CT molecular complexity index is 860. The molecule has 0 aliphatic heterocycles. The molecular formula is C22H30ClNO4S. The van der Waals surface area contributed by atoms with Gasteiger partial charge in [0.15, 0.2) is 0 Å². The number of hydrogen-bond donors (Lipinski definition) is 2. The van der Waals surface area contributed by atoms with Crippen molar-refractivity contribution in [3.8, 4) is 0 Å². The Morgan fingerprint density at radius 1 is 1.24 bits per heavy atom. The molecule has 1 aromatic carbocycles. The molecule has 0 amide bonds. The molecule has 0 spiro atoms. The van der Waals surface area contributed by atoms with Crippen molar-refractivity contribution in [2.24, 2.45) is 23.7 Å². The fraction of sp³-hybridized carbons (Fsp3) is 0.591. The fourth-order valence-corrected chi connectivity index (χ4v) is 6.57. The second kappa shape index (κ2) is 9.63. The van der Waals surface area contributed by atoms with Gasteiger partial charge in [-0.15, -0.1) is 0 Å². The summed E-state index contributed by atoms with van der Waals surface area (Å²) in [4.78, 5) is 10.9. The van der Waals surface area contributed by atoms with Crippen LogP contribution in [0.2, 0.25) is 5.02 Å². The molecule has 29 heavy (non-hydrogen) atoms. The first kappa shape index (κ1) is 22.3. The molecular weight excluding hydrogens is 410 g/mol. The number of sulfonamides is 1. The van der Waals surface area contributed by atoms with Crippen molar-refractivity contribution < 1.29 is 18.3 Å². The van der Waals surface area contributed by atoms with Crippen molar-refractivity contribution in [3.63, 3.8) is 0 Å². The van der Waals surface area contributed by atoms with E-state index in [0.717, 1.165) is 6.42 Å². The largest absolute Gasteiger partial charge is 0.481 e. The normalized spacial score (nSPS) is 26.8. The molecule has 0 saturated heterocycles. The summed E-state index contributed by atoms with van der Waals surface area (Å²) in [5, 5.41) is 9.29. The minimum Gasteiger partial charge on any atom is -0.481 e. The van der Waals surface area contributed by atoms with Crippen LogP contribution in [0.5, 0.6) is 0 Å². The number of carboxylic acids is 1. The number of aryl methyl sites for hydroxylation is 1. The summed E-state index contributed by atoms with van der Waals surface area (Å²) < 4.78 is 28.6. The monoisotopic (exact) mass is 439 g/mol. The molecule has 3 aliphatic rings. The zero-order valence-corrected chi connectivity index (χ0v) is 18.4. The summed E-state index contributed by atoms with van der Waals surface area (Å²) >= 11 is 5.96. The van der Waals surface area contributed by atoms with Crippen LogP contribution in [0.4, 0.5) is 0 Å². The molecule has 3 fully saturated rings. The summed E-state index contributed by atoms with van der Waals surface area (Å²) in [6.07, 6.45) is 10.6. The van der Waals surface area contributed by atoms with Crippen molar-refractivity contribution in [2.75, 3.05) is 6.54 Å². The van der Waals surface area contributed by atoms with E-state index >= 15 is 0 Å². The number of hydrogen-bond acceptors (Lipinski definition) is 3. The van der Waals surface area contributed by atoms with Gasteiger partial charge in [0.25, 0.3) is 0 Å². The van der Waals surface area contributed by atoms with Crippen LogP contribution in [-0.2, 0) is 14.8 Å². The number of rotatable bonds is 9. The third kappa shape index (κ3) is 5.62. The topological polar surface area (TPSA) is 83.5 Å². The average Bonchev–Trinajstić information content (AvgIpc) is 2.67. The minimum atomic E-state index is -3.58. The highest BCUT2D eigenvalue weighted by molar-refractivity contribution is 7.89. The fourth-order valence-electron chi connectivity index (χ4n) is 5.05. The van der Waals surface area contributed by atoms with Gasteiger partial charge in [-0.1, -0.05) is 23.8 Å². The lowest BCUT2D eigenvalue weighted by Crippen LogP contribution is -2.45. The van der Waals surface area contributed by atoms with E-state index in [2.05, 4.69) is 16.9 Å². The Morgan fingerprint density at radius 3 is 2.59 bits per heavy atom. The predicted molar refractivity (Wildman–Crippen MR) is 114 cm³/mol. The van der Waals surface area contributed by atoms with Crippen LogP contribution in [0, 0.1) is 30.6 Å². The third-order valence-electron chi connectivity index (χ3n) is 6.52. The van der Waals surface area contributed by atoms with Crippen LogP contribution in [0.3, 0.4) is 0 Å². The number of benzene rings is 1. The first-order valence-electron chi connectivity index (χ1n) is 10.4. The second-order valence-electron chi connectivity index (χ2n) is 8.39. The van der Waals surface area contributed by atoms with Gasteiger partial charge in [-0.2, -0.15) is 0 Å². The number of fused-ring (bicyclic) bond motifs is 3. The molecule has 2 N–H and O–H groups in total. The van der Waals surface area contributed by atoms with E-state index in [1.807, 2.05) is 0 Å². The Kier molecular flexibility index (Phi) is 7.41. The molecule has 3 aliphatic carbocycles. The van der Waals surface area contributed by atoms with E-state index in [4.69, 9.17) is 16.7 Å². The van der Waals surface area contributed by atoms with Crippen LogP contribution in [0.15, 0.2) is 35.2 Å². The maximum atomic E-state index is 12.9. The summed E-state index contributed by atoms with van der Waals surface area (Å²) in [5.41, 5.74) is 0.644. The molecule has 1 aromatic rings. The Balaban J connectivity index is 1.66. The van der Waals surface area contributed by atoms with Gasteiger partial charge < -0.3 is 5.11 Å². The first-order chi connectivity index (χ1) is 13.8. The zero-order chi connectivity index (χ0) is 21.0. The van der Waals surface area contributed by atoms with E-state index in [9.17, 15) is 13.2 Å². The Labute approximate surface area is 178 Å². The van der Waals surface area contributed by atoms with Gasteiger partial charge in [-0.3, -0.25) is 4.79 Å². The van der Waals surface area contributed by atoms with Crippen LogP contribution in [0.25, 0.3) is 0 Å². The average molecular weight is 440 g/mol. The Hall–Kier alpha value is -1.37. The lowest BCUT2D eigenvalue weighted by Gasteiger charge is -2.48. The molecule has 7 heteroatoms. The number of carbonyl (C=O) groups is 1. The SMILES string of the molecule is Cc1cc(Cl)ccc1S(=O)(=O)NC[C@H]1C2CCC(CC2)[C@@H]1/C=C\CCCC(=O)O. The highest BCUT2D eigenvalue weighted by Crippen LogP contribution is 2.49. The number of halogens is 1. The molecule has 5 nitrogen and oxygen atoms in total. The highest BCUT2D eigenvalue weighted by Gasteiger charge is 2.42. The van der Waals surface area contributed by atoms with E-state index in [1.54, 1.807) is 25.1 Å². The van der Waals surface area contributed by atoms with Crippen LogP contribution in [0.1, 0.15) is 50.5 Å². The van der Waals surface area contributed by atoms with E-state index in [1.165, 1.54) is 25.7 Å². The van der Waals surface area contributed by atoms with Crippen molar-refractivity contribution in [1.82, 2.24) is 4.72 Å². The lowest BCUT2D eigenvalue weighted by atomic mass is 9.58. The van der Waals surface area contributed by atoms with Gasteiger partial charge in [-0.05, 0) is 92.9 Å². The quantitative estimate of drug-likeness (QED) is 0.428. The van der Waals surface area contributed by atoms with Crippen molar-refractivity contribution in [3.05, 3.63) is 40.9 Å². The number of nitrogens with one attached hydrogen (secondary N) is 1. The summed E-state index contributed by atoms with van der Waals surface area (Å²) in [6, 6.07) is 4.84. The number of unbranched alkanes of at least 4 members (excludes halogenated alkanes) is 1. The number of allylic oxidation sites excluding steroid dienone is 2. The second-order valence-corrected chi connectivity index (χ2v) is 10.6. The van der Waals surface area contributed by atoms with Gasteiger partial charge in [0.05, 0.1) is 4.90 Å². The molecule has 3 saturated carbocycles. The molecule has 0 heterocycles. The molecule has 0 unspecified atom stereocenters. The van der Waals surface area contributed by atoms with Gasteiger partial charge in [-0.25, -0.2) is 13.1 Å². The minimum absolute atomic E-state index is 0.185. The van der Waals surface area contributed by atoms with Crippen molar-refractivity contribution in [1.29, 1.82) is 0 Å². The van der Waals surface area contributed by atoms with E-state index in [-0.39, 0.29) is 11.3 Å². The van der Waals surface area contributed by atoms with Crippen LogP contribution >= 0.6 is 11.6 Å². The standard InChI is InChI=1S/C22H30ClNO4S/c1-15-13-18(23)11-12-21(15)29(27,28)24-14-20-17-9-7-16(8-10-17)19(20)5-3-2-4-6-22(25)26/h3,5,11-13,16-17,19-20,24H,2,4,6-10,14H2,1H3,(H,25,26)/b5-3-/t16?,17?,19-,20-/m0/s1. The van der Waals surface area contributed by atoms with Gasteiger partial charge in [0.2, 0.25) is 10.0 Å². The maximum Gasteiger partial charge on any atom is 0.303 e. The molecule has 0 aromatic heterocycles. The predicted octanol–water partition coefficient (Wildman–Crippen LogP) is 4.79. The smallest absolute Gasteiger partial charge is 0.303 e. The van der Waals surface area contributed by atoms with Gasteiger partial charge in [0.1, 0.15) is 0 Å². The zero-order valence-electron chi connectivity index (χ0n) is 16.8. The van der Waals surface area contributed by atoms with Crippen LogP contribution < -0.4 is 4.72 Å². The molecule has 2 atom stereocenters. The van der Waals surface area contributed by atoms with Gasteiger partial charge in [0, 0.05) is 18.0 Å². The number of aliphatic carboxylic acids is 1. The first-order valence-corrected chi connectivity index (χ1v) is 12.3. The van der Waals surface area contributed by atoms with E-state index in [0.29, 0.717) is 47.2 Å². The maximum absolute atomic E-state index is 12.9. The van der Waals surface area contributed by atoms with E-state index < -0.39 is 16.0 Å². The van der Waals surface area contributed by atoms with Crippen LogP contribution in [-0.4, -0.2) is 26.0 Å². The Morgan fingerprint density at radius 2 is 1.93 bits per heavy atom. The highest BCUT2D eigenvalue weighted by atomic mass is 35.5. The summed E-state index contributed by atoms with van der Waals surface area (Å²) in [7, 11) is -3.58. The molecule has 160 valence electrons. The summed E-state index contributed by atoms with van der Waals surface area (Å²) in [6.45, 7) is 2.20. The molecule has 2 bridgehead atoms. The van der Waals surface area contributed by atoms with Crippen molar-refractivity contribution >= 4 is 27.6 Å². The third-order valence-corrected chi connectivity index (χ3v) is 8.33. The molecule has 0 radical (unpaired) electrons.